The van der Waals surface area contributed by atoms with E-state index < -0.39 is 6.09 Å². The van der Waals surface area contributed by atoms with Gasteiger partial charge in [0.2, 0.25) is 0 Å². The van der Waals surface area contributed by atoms with Crippen LogP contribution in [-0.2, 0) is 11.3 Å². The van der Waals surface area contributed by atoms with Crippen molar-refractivity contribution >= 4 is 23.1 Å². The molecule has 0 aliphatic heterocycles. The van der Waals surface area contributed by atoms with E-state index in [4.69, 9.17) is 9.47 Å². The quantitative estimate of drug-likeness (QED) is 0.732. The number of amides is 1. The first-order chi connectivity index (χ1) is 10.7. The fraction of sp³-hybridized carbons (Fsp3) is 0.353. The summed E-state index contributed by atoms with van der Waals surface area (Å²) in [5.41, 5.74) is 1.67. The minimum atomic E-state index is -0.467. The Morgan fingerprint density at radius 2 is 2.05 bits per heavy atom. The summed E-state index contributed by atoms with van der Waals surface area (Å²) in [6.07, 6.45) is 1.60. The number of ether oxygens (including phenoxy) is 2. The van der Waals surface area contributed by atoms with Crippen molar-refractivity contribution < 1.29 is 14.3 Å². The minimum absolute atomic E-state index is 0.252. The van der Waals surface area contributed by atoms with Crippen molar-refractivity contribution in [3.05, 3.63) is 46.2 Å². The molecule has 1 heterocycles. The summed E-state index contributed by atoms with van der Waals surface area (Å²) >= 11 is 1.55. The Morgan fingerprint density at radius 1 is 1.27 bits per heavy atom. The summed E-state index contributed by atoms with van der Waals surface area (Å²) in [6.45, 7) is 4.97. The van der Waals surface area contributed by atoms with Crippen LogP contribution < -0.4 is 10.1 Å². The molecule has 1 amide bonds. The highest BCUT2D eigenvalue weighted by atomic mass is 32.1. The Morgan fingerprint density at radius 3 is 2.77 bits per heavy atom. The van der Waals surface area contributed by atoms with E-state index in [1.54, 1.807) is 11.3 Å². The zero-order valence-corrected chi connectivity index (χ0v) is 13.7. The zero-order valence-electron chi connectivity index (χ0n) is 12.9. The van der Waals surface area contributed by atoms with Gasteiger partial charge in [-0.25, -0.2) is 4.79 Å². The Kier molecular flexibility index (Phi) is 6.27. The number of rotatable bonds is 7. The summed E-state index contributed by atoms with van der Waals surface area (Å²) in [5, 5.41) is 4.69. The SMILES string of the molecule is CCCCOc1csc(C)c1NC(=O)OCc1ccccc1. The normalized spacial score (nSPS) is 10.3. The molecule has 0 radical (unpaired) electrons. The molecule has 2 aromatic rings. The van der Waals surface area contributed by atoms with E-state index in [2.05, 4.69) is 12.2 Å². The van der Waals surface area contributed by atoms with E-state index in [-0.39, 0.29) is 6.61 Å². The van der Waals surface area contributed by atoms with Crippen molar-refractivity contribution in [1.29, 1.82) is 0 Å². The molecule has 1 N–H and O–H groups in total. The smallest absolute Gasteiger partial charge is 0.412 e. The van der Waals surface area contributed by atoms with Gasteiger partial charge < -0.3 is 9.47 Å². The second-order valence-corrected chi connectivity index (χ2v) is 6.00. The topological polar surface area (TPSA) is 47.6 Å². The Hall–Kier alpha value is -2.01. The first-order valence-electron chi connectivity index (χ1n) is 7.39. The van der Waals surface area contributed by atoms with Crippen molar-refractivity contribution in [3.8, 4) is 5.75 Å². The second kappa shape index (κ2) is 8.44. The van der Waals surface area contributed by atoms with E-state index in [9.17, 15) is 4.79 Å². The van der Waals surface area contributed by atoms with Crippen LogP contribution in [0.25, 0.3) is 0 Å². The number of aryl methyl sites for hydroxylation is 1. The summed E-state index contributed by atoms with van der Waals surface area (Å²) in [7, 11) is 0. The fourth-order valence-corrected chi connectivity index (χ4v) is 2.62. The van der Waals surface area contributed by atoms with Crippen molar-refractivity contribution in [2.45, 2.75) is 33.3 Å². The molecule has 0 fully saturated rings. The molecule has 0 spiro atoms. The standard InChI is InChI=1S/C17H21NO3S/c1-3-4-10-20-15-12-22-13(2)16(15)18-17(19)21-11-14-8-6-5-7-9-14/h5-9,12H,3-4,10-11H2,1-2H3,(H,18,19). The first kappa shape index (κ1) is 16.4. The first-order valence-corrected chi connectivity index (χ1v) is 8.27. The van der Waals surface area contributed by atoms with Gasteiger partial charge in [0.1, 0.15) is 6.61 Å². The van der Waals surface area contributed by atoms with Crippen molar-refractivity contribution in [1.82, 2.24) is 0 Å². The highest BCUT2D eigenvalue weighted by Gasteiger charge is 2.14. The summed E-state index contributed by atoms with van der Waals surface area (Å²) in [5.74, 6) is 0.715. The number of nitrogens with one attached hydrogen (secondary N) is 1. The van der Waals surface area contributed by atoms with Crippen LogP contribution in [0.5, 0.6) is 5.75 Å². The molecule has 4 nitrogen and oxygen atoms in total. The maximum absolute atomic E-state index is 11.9. The van der Waals surface area contributed by atoms with Crippen LogP contribution in [0, 0.1) is 6.92 Å². The summed E-state index contributed by atoms with van der Waals surface area (Å²) in [4.78, 5) is 12.9. The van der Waals surface area contributed by atoms with Gasteiger partial charge in [0.25, 0.3) is 0 Å². The molecule has 5 heteroatoms. The number of benzene rings is 1. The van der Waals surface area contributed by atoms with Crippen LogP contribution in [0.2, 0.25) is 0 Å². The predicted octanol–water partition coefficient (Wildman–Crippen LogP) is 4.98. The number of carbonyl (C=O) groups is 1. The van der Waals surface area contributed by atoms with Gasteiger partial charge in [-0.3, -0.25) is 5.32 Å². The van der Waals surface area contributed by atoms with Crippen LogP contribution >= 0.6 is 11.3 Å². The maximum atomic E-state index is 11.9. The lowest BCUT2D eigenvalue weighted by molar-refractivity contribution is 0.155. The van der Waals surface area contributed by atoms with Crippen LogP contribution in [0.4, 0.5) is 10.5 Å². The van der Waals surface area contributed by atoms with Gasteiger partial charge in [-0.15, -0.1) is 11.3 Å². The molecular weight excluding hydrogens is 298 g/mol. The molecule has 0 aliphatic rings. The van der Waals surface area contributed by atoms with E-state index in [1.165, 1.54) is 0 Å². The van der Waals surface area contributed by atoms with Crippen molar-refractivity contribution in [2.24, 2.45) is 0 Å². The van der Waals surface area contributed by atoms with Crippen LogP contribution in [0.15, 0.2) is 35.7 Å². The number of unbranched alkanes of at least 4 members (excludes halogenated alkanes) is 1. The monoisotopic (exact) mass is 319 g/mol. The lowest BCUT2D eigenvalue weighted by Gasteiger charge is -2.10. The van der Waals surface area contributed by atoms with Crippen LogP contribution in [0.3, 0.4) is 0 Å². The van der Waals surface area contributed by atoms with Gasteiger partial charge in [-0.1, -0.05) is 43.7 Å². The number of thiophene rings is 1. The van der Waals surface area contributed by atoms with E-state index in [1.807, 2.05) is 42.6 Å². The molecule has 0 saturated carbocycles. The molecule has 118 valence electrons. The molecular formula is C17H21NO3S. The largest absolute Gasteiger partial charge is 0.491 e. The van der Waals surface area contributed by atoms with Gasteiger partial charge in [-0.05, 0) is 18.9 Å². The number of hydrogen-bond donors (Lipinski definition) is 1. The van der Waals surface area contributed by atoms with E-state index in [0.29, 0.717) is 18.0 Å². The van der Waals surface area contributed by atoms with Crippen LogP contribution in [0.1, 0.15) is 30.2 Å². The average Bonchev–Trinajstić information content (AvgIpc) is 2.87. The molecule has 0 atom stereocenters. The predicted molar refractivity (Wildman–Crippen MR) is 89.7 cm³/mol. The fourth-order valence-electron chi connectivity index (χ4n) is 1.88. The molecule has 0 aliphatic carbocycles. The Balaban J connectivity index is 1.89. The minimum Gasteiger partial charge on any atom is -0.491 e. The molecule has 1 aromatic heterocycles. The third-order valence-corrected chi connectivity index (χ3v) is 4.03. The van der Waals surface area contributed by atoms with E-state index >= 15 is 0 Å². The third-order valence-electron chi connectivity index (χ3n) is 3.14. The van der Waals surface area contributed by atoms with Gasteiger partial charge in [0.15, 0.2) is 5.75 Å². The maximum Gasteiger partial charge on any atom is 0.412 e. The number of anilines is 1. The van der Waals surface area contributed by atoms with Gasteiger partial charge in [0.05, 0.1) is 12.3 Å². The molecule has 0 saturated heterocycles. The third kappa shape index (κ3) is 4.77. The highest BCUT2D eigenvalue weighted by molar-refractivity contribution is 7.10. The summed E-state index contributed by atoms with van der Waals surface area (Å²) < 4.78 is 10.9. The number of carbonyl (C=O) groups excluding carboxylic acids is 1. The molecule has 0 unspecified atom stereocenters. The van der Waals surface area contributed by atoms with Crippen molar-refractivity contribution in [2.75, 3.05) is 11.9 Å². The van der Waals surface area contributed by atoms with Gasteiger partial charge in [-0.2, -0.15) is 0 Å². The van der Waals surface area contributed by atoms with E-state index in [0.717, 1.165) is 23.3 Å². The number of hydrogen-bond acceptors (Lipinski definition) is 4. The lowest BCUT2D eigenvalue weighted by Crippen LogP contribution is -2.14. The average molecular weight is 319 g/mol. The van der Waals surface area contributed by atoms with Gasteiger partial charge >= 0.3 is 6.09 Å². The van der Waals surface area contributed by atoms with Crippen molar-refractivity contribution in [3.63, 3.8) is 0 Å². The molecule has 22 heavy (non-hydrogen) atoms. The second-order valence-electron chi connectivity index (χ2n) is 4.92. The molecule has 0 bridgehead atoms. The summed E-state index contributed by atoms with van der Waals surface area (Å²) in [6, 6.07) is 9.60. The Bertz CT molecular complexity index is 595. The molecule has 2 rings (SSSR count). The molecule has 1 aromatic carbocycles. The zero-order chi connectivity index (χ0) is 15.8. The lowest BCUT2D eigenvalue weighted by atomic mass is 10.2. The van der Waals surface area contributed by atoms with Gasteiger partial charge in [0, 0.05) is 10.3 Å². The highest BCUT2D eigenvalue weighted by Crippen LogP contribution is 2.34. The Labute approximate surface area is 135 Å². The van der Waals surface area contributed by atoms with Crippen LogP contribution in [-0.4, -0.2) is 12.7 Å².